The van der Waals surface area contributed by atoms with Gasteiger partial charge in [0.1, 0.15) is 25.9 Å². The van der Waals surface area contributed by atoms with Gasteiger partial charge in [-0.2, -0.15) is 10.1 Å². The normalized spacial score (nSPS) is 16.8. The first-order valence-corrected chi connectivity index (χ1v) is 10.8. The summed E-state index contributed by atoms with van der Waals surface area (Å²) in [4.78, 5) is 18.0. The predicted octanol–water partition coefficient (Wildman–Crippen LogP) is 3.78. The number of rotatable bonds is 5. The van der Waals surface area contributed by atoms with Crippen LogP contribution in [-0.4, -0.2) is 41.0 Å². The zero-order chi connectivity index (χ0) is 22.9. The van der Waals surface area contributed by atoms with Crippen LogP contribution >= 0.6 is 11.6 Å². The number of carbonyl (C=O) groups excluding carboxylic acids is 1. The van der Waals surface area contributed by atoms with Crippen molar-refractivity contribution in [3.63, 3.8) is 0 Å². The van der Waals surface area contributed by atoms with Crippen molar-refractivity contribution in [1.29, 1.82) is 0 Å². The van der Waals surface area contributed by atoms with Gasteiger partial charge >= 0.3 is 0 Å². The van der Waals surface area contributed by atoms with E-state index in [1.807, 2.05) is 25.1 Å². The Labute approximate surface area is 195 Å². The van der Waals surface area contributed by atoms with Gasteiger partial charge < -0.3 is 24.8 Å². The van der Waals surface area contributed by atoms with E-state index in [1.165, 1.54) is 0 Å². The number of nitrogens with one attached hydrogen (secondary N) is 2. The van der Waals surface area contributed by atoms with Crippen molar-refractivity contribution < 1.29 is 19.0 Å². The predicted molar refractivity (Wildman–Crippen MR) is 123 cm³/mol. The molecule has 2 N–H and O–H groups in total. The number of amides is 1. The number of hydrogen-bond acceptors (Lipinski definition) is 7. The number of carbonyl (C=O) groups is 1. The number of anilines is 2. The van der Waals surface area contributed by atoms with Crippen molar-refractivity contribution in [3.05, 3.63) is 70.1 Å². The summed E-state index contributed by atoms with van der Waals surface area (Å²) in [6, 6.07) is 12.1. The summed E-state index contributed by atoms with van der Waals surface area (Å²) < 4.78 is 18.3. The molecule has 1 atom stereocenters. The van der Waals surface area contributed by atoms with Gasteiger partial charge in [0, 0.05) is 23.5 Å². The second kappa shape index (κ2) is 8.76. The Morgan fingerprint density at radius 3 is 2.73 bits per heavy atom. The fourth-order valence-electron chi connectivity index (χ4n) is 3.95. The third kappa shape index (κ3) is 4.12. The molecule has 3 aromatic rings. The van der Waals surface area contributed by atoms with Crippen molar-refractivity contribution in [3.8, 4) is 11.5 Å². The van der Waals surface area contributed by atoms with Crippen LogP contribution in [0.25, 0.3) is 0 Å². The number of allylic oxidation sites excluding steroid dienone is 1. The van der Waals surface area contributed by atoms with E-state index in [4.69, 9.17) is 25.8 Å². The molecule has 5 rings (SSSR count). The Bertz CT molecular complexity index is 1240. The smallest absolute Gasteiger partial charge is 0.255 e. The van der Waals surface area contributed by atoms with Gasteiger partial charge in [0.2, 0.25) is 5.95 Å². The molecule has 0 saturated carbocycles. The van der Waals surface area contributed by atoms with Gasteiger partial charge in [-0.25, -0.2) is 4.68 Å². The maximum atomic E-state index is 13.5. The summed E-state index contributed by atoms with van der Waals surface area (Å²) >= 11 is 5.98. The molecule has 0 radical (unpaired) electrons. The van der Waals surface area contributed by atoms with Crippen LogP contribution < -0.4 is 20.1 Å². The van der Waals surface area contributed by atoms with E-state index in [0.717, 1.165) is 5.56 Å². The highest BCUT2D eigenvalue weighted by molar-refractivity contribution is 6.30. The third-order valence-corrected chi connectivity index (χ3v) is 5.65. The van der Waals surface area contributed by atoms with Crippen LogP contribution in [0, 0.1) is 0 Å². The minimum atomic E-state index is -0.539. The van der Waals surface area contributed by atoms with E-state index in [-0.39, 0.29) is 12.5 Å². The summed E-state index contributed by atoms with van der Waals surface area (Å²) in [7, 11) is 1.58. The van der Waals surface area contributed by atoms with Gasteiger partial charge in [0.15, 0.2) is 17.3 Å². The Morgan fingerprint density at radius 2 is 1.97 bits per heavy atom. The number of ether oxygens (including phenoxy) is 3. The average Bonchev–Trinajstić information content (AvgIpc) is 3.21. The van der Waals surface area contributed by atoms with Gasteiger partial charge in [-0.15, -0.1) is 0 Å². The second-order valence-corrected chi connectivity index (χ2v) is 8.10. The lowest BCUT2D eigenvalue weighted by molar-refractivity contribution is -0.113. The van der Waals surface area contributed by atoms with Gasteiger partial charge in [-0.3, -0.25) is 4.79 Å². The molecule has 10 heteroatoms. The number of nitrogens with zero attached hydrogens (tertiary/aromatic N) is 3. The lowest BCUT2D eigenvalue weighted by Gasteiger charge is -2.29. The quantitative estimate of drug-likeness (QED) is 0.589. The molecule has 0 aliphatic carbocycles. The number of aromatic nitrogens is 3. The highest BCUT2D eigenvalue weighted by Gasteiger charge is 2.35. The zero-order valence-corrected chi connectivity index (χ0v) is 18.8. The number of hydrogen-bond donors (Lipinski definition) is 2. The molecule has 2 aromatic carbocycles. The molecule has 0 fully saturated rings. The Balaban J connectivity index is 1.57. The van der Waals surface area contributed by atoms with Crippen LogP contribution in [0.4, 0.5) is 11.6 Å². The van der Waals surface area contributed by atoms with Crippen molar-refractivity contribution in [2.24, 2.45) is 0 Å². The molecular formula is C23H22ClN5O4. The Hall–Kier alpha value is -3.56. The standard InChI is InChI=1S/C23H22ClN5O4/c1-13-20(22(30)26-16-6-4-15(24)5-7-16)21(29-23(25-13)27-19(28-29)12-31-2)14-3-8-17-18(11-14)33-10-9-32-17/h3-8,11,21H,9-10,12H2,1-2H3,(H,26,30)(H,25,27,28). The number of benzene rings is 2. The van der Waals surface area contributed by atoms with E-state index < -0.39 is 6.04 Å². The van der Waals surface area contributed by atoms with Crippen molar-refractivity contribution in [2.45, 2.75) is 19.6 Å². The fraction of sp³-hybridized carbons (Fsp3) is 0.261. The first-order valence-electron chi connectivity index (χ1n) is 10.4. The molecule has 0 bridgehead atoms. The van der Waals surface area contributed by atoms with E-state index in [2.05, 4.69) is 20.7 Å². The van der Waals surface area contributed by atoms with Gasteiger partial charge in [-0.1, -0.05) is 17.7 Å². The molecule has 33 heavy (non-hydrogen) atoms. The molecule has 1 unspecified atom stereocenters. The highest BCUT2D eigenvalue weighted by Crippen LogP contribution is 2.40. The second-order valence-electron chi connectivity index (χ2n) is 7.66. The van der Waals surface area contributed by atoms with E-state index in [0.29, 0.717) is 58.5 Å². The number of halogens is 1. The van der Waals surface area contributed by atoms with Crippen molar-refractivity contribution in [2.75, 3.05) is 31.0 Å². The molecule has 0 saturated heterocycles. The molecule has 3 heterocycles. The SMILES string of the molecule is COCc1nc2n(n1)C(c1ccc3c(c1)OCCO3)C(C(=O)Nc1ccc(Cl)cc1)=C(C)N2. The third-order valence-electron chi connectivity index (χ3n) is 5.40. The first kappa shape index (κ1) is 21.3. The van der Waals surface area contributed by atoms with Crippen LogP contribution in [0.15, 0.2) is 53.7 Å². The minimum Gasteiger partial charge on any atom is -0.486 e. The molecule has 9 nitrogen and oxygen atoms in total. The average molecular weight is 468 g/mol. The van der Waals surface area contributed by atoms with Crippen LogP contribution in [0.1, 0.15) is 24.4 Å². The van der Waals surface area contributed by atoms with Gasteiger partial charge in [0.05, 0.1) is 5.57 Å². The molecule has 1 amide bonds. The van der Waals surface area contributed by atoms with Crippen LogP contribution in [0.5, 0.6) is 11.5 Å². The van der Waals surface area contributed by atoms with E-state index >= 15 is 0 Å². The first-order chi connectivity index (χ1) is 16.0. The summed E-state index contributed by atoms with van der Waals surface area (Å²) in [5.41, 5.74) is 2.62. The molecule has 170 valence electrons. The molecule has 0 spiro atoms. The summed E-state index contributed by atoms with van der Waals surface area (Å²) in [5, 5.41) is 11.4. The lowest BCUT2D eigenvalue weighted by atomic mass is 9.94. The van der Waals surface area contributed by atoms with Crippen LogP contribution in [0.3, 0.4) is 0 Å². The summed E-state index contributed by atoms with van der Waals surface area (Å²) in [6.07, 6.45) is 0. The monoisotopic (exact) mass is 467 g/mol. The molecule has 2 aliphatic rings. The topological polar surface area (TPSA) is 99.5 Å². The van der Waals surface area contributed by atoms with E-state index in [9.17, 15) is 4.79 Å². The molecular weight excluding hydrogens is 446 g/mol. The largest absolute Gasteiger partial charge is 0.486 e. The maximum Gasteiger partial charge on any atom is 0.255 e. The van der Waals surface area contributed by atoms with Crippen molar-refractivity contribution >= 4 is 29.1 Å². The summed E-state index contributed by atoms with van der Waals surface area (Å²) in [6.45, 7) is 3.06. The van der Waals surface area contributed by atoms with Crippen molar-refractivity contribution in [1.82, 2.24) is 14.8 Å². The van der Waals surface area contributed by atoms with Gasteiger partial charge in [0.25, 0.3) is 5.91 Å². The molecule has 1 aromatic heterocycles. The van der Waals surface area contributed by atoms with Crippen LogP contribution in [-0.2, 0) is 16.1 Å². The fourth-order valence-corrected chi connectivity index (χ4v) is 4.08. The summed E-state index contributed by atoms with van der Waals surface area (Å²) in [5.74, 6) is 2.07. The van der Waals surface area contributed by atoms with E-state index in [1.54, 1.807) is 36.1 Å². The Morgan fingerprint density at radius 1 is 1.21 bits per heavy atom. The Kier molecular flexibility index (Phi) is 5.65. The zero-order valence-electron chi connectivity index (χ0n) is 18.1. The number of fused-ring (bicyclic) bond motifs is 2. The highest BCUT2D eigenvalue weighted by atomic mass is 35.5. The maximum absolute atomic E-state index is 13.5. The van der Waals surface area contributed by atoms with Crippen LogP contribution in [0.2, 0.25) is 5.02 Å². The molecule has 2 aliphatic heterocycles. The number of methoxy groups -OCH3 is 1. The lowest BCUT2D eigenvalue weighted by Crippen LogP contribution is -2.31. The minimum absolute atomic E-state index is 0.251. The van der Waals surface area contributed by atoms with Gasteiger partial charge in [-0.05, 0) is 48.9 Å².